The Morgan fingerprint density at radius 1 is 1.30 bits per heavy atom. The molecule has 1 aliphatic carbocycles. The Hall–Kier alpha value is 0.216. The molecule has 1 unspecified atom stereocenters. The van der Waals surface area contributed by atoms with Crippen LogP contribution in [0.4, 0.5) is 0 Å². The van der Waals surface area contributed by atoms with Gasteiger partial charge in [0.1, 0.15) is 0 Å². The number of rotatable bonds is 0. The van der Waals surface area contributed by atoms with Crippen molar-refractivity contribution in [2.45, 2.75) is 26.3 Å². The van der Waals surface area contributed by atoms with E-state index in [1.54, 1.807) is 5.57 Å². The summed E-state index contributed by atoms with van der Waals surface area (Å²) in [5, 5.41) is 0. The first-order chi connectivity index (χ1) is 4.13. The molecule has 10 heavy (non-hydrogen) atoms. The van der Waals surface area contributed by atoms with E-state index in [4.69, 9.17) is 0 Å². The second-order valence-electron chi connectivity index (χ2n) is 2.80. The van der Waals surface area contributed by atoms with Crippen molar-refractivity contribution in [3.8, 4) is 0 Å². The van der Waals surface area contributed by atoms with E-state index in [-0.39, 0.29) is 17.1 Å². The van der Waals surface area contributed by atoms with Crippen molar-refractivity contribution in [3.63, 3.8) is 0 Å². The summed E-state index contributed by atoms with van der Waals surface area (Å²) in [7, 11) is 1.22. The van der Waals surface area contributed by atoms with Gasteiger partial charge in [-0.1, -0.05) is 13.8 Å². The van der Waals surface area contributed by atoms with Crippen LogP contribution in [0.2, 0.25) is 5.54 Å². The number of hydrogen-bond acceptors (Lipinski definition) is 0. The molecular formula is C8H13FeSi-. The maximum Gasteiger partial charge on any atom is 0 e. The minimum absolute atomic E-state index is 0. The Kier molecular flexibility index (Phi) is 3.64. The molecule has 0 fully saturated rings. The quantitative estimate of drug-likeness (QED) is 0.401. The van der Waals surface area contributed by atoms with E-state index in [2.05, 4.69) is 26.8 Å². The fourth-order valence-corrected chi connectivity index (χ4v) is 2.03. The minimum atomic E-state index is 0. The normalized spacial score (nSPS) is 24.7. The maximum absolute atomic E-state index is 3.42. The molecule has 0 heterocycles. The van der Waals surface area contributed by atoms with E-state index >= 15 is 0 Å². The second-order valence-corrected chi connectivity index (χ2v) is 3.95. The van der Waals surface area contributed by atoms with Gasteiger partial charge in [-0.15, -0.1) is 12.5 Å². The van der Waals surface area contributed by atoms with Gasteiger partial charge in [-0.05, 0) is 10.2 Å². The molecule has 0 amide bonds. The second kappa shape index (κ2) is 3.56. The molecule has 2 heteroatoms. The molecular weight excluding hydrogens is 180 g/mol. The first kappa shape index (κ1) is 10.2. The third-order valence-corrected chi connectivity index (χ3v) is 3.39. The molecule has 0 aromatic heterocycles. The van der Waals surface area contributed by atoms with Crippen molar-refractivity contribution in [1.82, 2.24) is 0 Å². The first-order valence-corrected chi connectivity index (χ1v) is 4.56. The SMILES string of the molecule is CC1=[C-]C([SiH3])C(C)=C1C.[Fe]. The molecule has 0 N–H and O–H groups in total. The standard InChI is InChI=1S/C8H13Si.Fe/c1-5-4-8(9)7(3)6(5)2;/h8H,1-3,9H3;/q-1;. The van der Waals surface area contributed by atoms with E-state index in [1.165, 1.54) is 21.4 Å². The van der Waals surface area contributed by atoms with Crippen LogP contribution in [0.5, 0.6) is 0 Å². The zero-order valence-electron chi connectivity index (χ0n) is 6.93. The third kappa shape index (κ3) is 1.63. The Labute approximate surface area is 76.7 Å². The summed E-state index contributed by atoms with van der Waals surface area (Å²) in [4.78, 5) is 0. The van der Waals surface area contributed by atoms with Crippen molar-refractivity contribution in [1.29, 1.82) is 0 Å². The van der Waals surface area contributed by atoms with Gasteiger partial charge < -0.3 is 0 Å². The summed E-state index contributed by atoms with van der Waals surface area (Å²) >= 11 is 0. The van der Waals surface area contributed by atoms with Crippen LogP contribution in [-0.4, -0.2) is 10.2 Å². The summed E-state index contributed by atoms with van der Waals surface area (Å²) in [6, 6.07) is 0. The average Bonchev–Trinajstić information content (AvgIpc) is 1.98. The average molecular weight is 193 g/mol. The molecule has 0 radical (unpaired) electrons. The first-order valence-electron chi connectivity index (χ1n) is 3.40. The topological polar surface area (TPSA) is 0 Å². The molecule has 0 aliphatic heterocycles. The third-order valence-electron chi connectivity index (χ3n) is 2.24. The van der Waals surface area contributed by atoms with Crippen LogP contribution in [0.25, 0.3) is 0 Å². The zero-order valence-corrected chi connectivity index (χ0v) is 10.0. The van der Waals surface area contributed by atoms with Crippen molar-refractivity contribution in [2.75, 3.05) is 0 Å². The van der Waals surface area contributed by atoms with Crippen molar-refractivity contribution >= 4 is 10.2 Å². The minimum Gasteiger partial charge on any atom is -0.270 e. The summed E-state index contributed by atoms with van der Waals surface area (Å²) in [5.74, 6) is 0. The Bertz CT molecular complexity index is 191. The van der Waals surface area contributed by atoms with Crippen LogP contribution in [0, 0.1) is 6.08 Å². The van der Waals surface area contributed by atoms with Crippen LogP contribution < -0.4 is 0 Å². The maximum atomic E-state index is 3.42. The van der Waals surface area contributed by atoms with E-state index in [9.17, 15) is 0 Å². The van der Waals surface area contributed by atoms with E-state index in [1.807, 2.05) is 0 Å². The molecule has 0 nitrogen and oxygen atoms in total. The summed E-state index contributed by atoms with van der Waals surface area (Å²) in [6.45, 7) is 6.56. The van der Waals surface area contributed by atoms with Crippen LogP contribution in [0.1, 0.15) is 20.8 Å². The van der Waals surface area contributed by atoms with Crippen LogP contribution in [0.15, 0.2) is 16.7 Å². The smallest absolute Gasteiger partial charge is 0 e. The number of hydrogen-bond donors (Lipinski definition) is 0. The molecule has 0 saturated heterocycles. The van der Waals surface area contributed by atoms with Crippen molar-refractivity contribution in [2.24, 2.45) is 0 Å². The van der Waals surface area contributed by atoms with Gasteiger partial charge in [-0.25, -0.2) is 5.57 Å². The predicted molar refractivity (Wildman–Crippen MR) is 44.5 cm³/mol. The summed E-state index contributed by atoms with van der Waals surface area (Å²) in [6.07, 6.45) is 3.42. The molecule has 1 aliphatic rings. The van der Waals surface area contributed by atoms with Gasteiger partial charge in [-0.3, -0.25) is 6.08 Å². The molecule has 0 aromatic carbocycles. The van der Waals surface area contributed by atoms with Gasteiger partial charge >= 0.3 is 0 Å². The summed E-state index contributed by atoms with van der Waals surface area (Å²) < 4.78 is 0. The molecule has 1 atom stereocenters. The monoisotopic (exact) mass is 193 g/mol. The molecule has 0 spiro atoms. The van der Waals surface area contributed by atoms with E-state index in [0.717, 1.165) is 0 Å². The Morgan fingerprint density at radius 2 is 1.80 bits per heavy atom. The Morgan fingerprint density at radius 3 is 1.90 bits per heavy atom. The zero-order chi connectivity index (χ0) is 7.02. The van der Waals surface area contributed by atoms with Gasteiger partial charge in [0.25, 0.3) is 0 Å². The summed E-state index contributed by atoms with van der Waals surface area (Å²) in [5.41, 5.74) is 5.08. The fraction of sp³-hybridized carbons (Fsp3) is 0.500. The van der Waals surface area contributed by atoms with E-state index < -0.39 is 0 Å². The van der Waals surface area contributed by atoms with Gasteiger partial charge in [0.2, 0.25) is 0 Å². The van der Waals surface area contributed by atoms with Gasteiger partial charge in [0, 0.05) is 17.1 Å². The van der Waals surface area contributed by atoms with Crippen molar-refractivity contribution < 1.29 is 17.1 Å². The molecule has 58 valence electrons. The van der Waals surface area contributed by atoms with Crippen molar-refractivity contribution in [3.05, 3.63) is 22.8 Å². The van der Waals surface area contributed by atoms with Crippen LogP contribution >= 0.6 is 0 Å². The molecule has 0 aromatic rings. The van der Waals surface area contributed by atoms with Crippen LogP contribution in [-0.2, 0) is 17.1 Å². The number of allylic oxidation sites excluding steroid dienone is 4. The largest absolute Gasteiger partial charge is 0.270 e. The predicted octanol–water partition coefficient (Wildman–Crippen LogP) is 1.24. The Balaban J connectivity index is 0.000000810. The van der Waals surface area contributed by atoms with Gasteiger partial charge in [-0.2, -0.15) is 11.1 Å². The van der Waals surface area contributed by atoms with Gasteiger partial charge in [0.05, 0.1) is 0 Å². The van der Waals surface area contributed by atoms with Gasteiger partial charge in [0.15, 0.2) is 0 Å². The van der Waals surface area contributed by atoms with E-state index in [0.29, 0.717) is 5.54 Å². The van der Waals surface area contributed by atoms with Crippen LogP contribution in [0.3, 0.4) is 0 Å². The molecule has 0 bridgehead atoms. The molecule has 1 rings (SSSR count). The molecule has 0 saturated carbocycles. The fourth-order valence-electron chi connectivity index (χ4n) is 1.16.